The topological polar surface area (TPSA) is 115 Å². The molecule has 172 valence electrons. The van der Waals surface area contributed by atoms with E-state index >= 15 is 0 Å². The van der Waals surface area contributed by atoms with Gasteiger partial charge in [-0.2, -0.15) is 5.10 Å². The van der Waals surface area contributed by atoms with Crippen LogP contribution in [0.3, 0.4) is 0 Å². The number of hydrogen-bond donors (Lipinski definition) is 0. The molecule has 12 heteroatoms. The fourth-order valence-corrected chi connectivity index (χ4v) is 5.51. The molecule has 0 radical (unpaired) electrons. The molecule has 2 aliphatic heterocycles. The summed E-state index contributed by atoms with van der Waals surface area (Å²) in [6, 6.07) is 6.70. The zero-order chi connectivity index (χ0) is 23.3. The molecule has 4 heterocycles. The van der Waals surface area contributed by atoms with Crippen LogP contribution in [0.25, 0.3) is 5.69 Å². The van der Waals surface area contributed by atoms with Crippen LogP contribution in [0.2, 0.25) is 5.02 Å². The maximum absolute atomic E-state index is 13.1. The minimum Gasteiger partial charge on any atom is -0.341 e. The van der Waals surface area contributed by atoms with Crippen molar-refractivity contribution in [1.82, 2.24) is 29.4 Å². The first kappa shape index (κ1) is 21.8. The Hall–Kier alpha value is -3.05. The van der Waals surface area contributed by atoms with E-state index in [9.17, 15) is 13.2 Å². The number of aliphatic imine (C=N–C) groups is 1. The molecule has 1 atom stereocenters. The summed E-state index contributed by atoms with van der Waals surface area (Å²) in [4.78, 5) is 19.7. The maximum Gasteiger partial charge on any atom is 0.225 e. The molecule has 1 saturated heterocycles. The summed E-state index contributed by atoms with van der Waals surface area (Å²) in [5, 5.41) is 13.8. The van der Waals surface area contributed by atoms with Gasteiger partial charge >= 0.3 is 0 Å². The zero-order valence-corrected chi connectivity index (χ0v) is 19.7. The first-order valence-corrected chi connectivity index (χ1v) is 12.7. The van der Waals surface area contributed by atoms with Crippen LogP contribution in [0, 0.1) is 6.92 Å². The van der Waals surface area contributed by atoms with Crippen LogP contribution < -0.4 is 0 Å². The first-order chi connectivity index (χ1) is 15.7. The molecule has 2 aliphatic rings. The smallest absolute Gasteiger partial charge is 0.225 e. The number of aromatic nitrogens is 5. The zero-order valence-electron chi connectivity index (χ0n) is 18.1. The minimum absolute atomic E-state index is 0.0198. The average Bonchev–Trinajstić information content (AvgIpc) is 3.30. The van der Waals surface area contributed by atoms with E-state index in [1.54, 1.807) is 21.7 Å². The molecule has 3 aromatic rings. The van der Waals surface area contributed by atoms with Crippen LogP contribution in [-0.2, 0) is 21.7 Å². The maximum atomic E-state index is 13.1. The number of sulfone groups is 1. The van der Waals surface area contributed by atoms with Crippen molar-refractivity contribution < 1.29 is 13.2 Å². The molecule has 1 unspecified atom stereocenters. The standard InChI is InChI=1S/C21H22ClN7O3S/c1-13-24-25-21-16(11-18(30)28-7-9-33(31,32)10-8-28)23-19(14-3-5-15(22)6-4-14)20-17(29(13)21)12-27(2)26-20/h3-6,12,16H,7-11H2,1-2H3. The summed E-state index contributed by atoms with van der Waals surface area (Å²) in [6.07, 6.45) is 1.92. The van der Waals surface area contributed by atoms with Gasteiger partial charge < -0.3 is 4.90 Å². The Balaban J connectivity index is 1.58. The predicted molar refractivity (Wildman–Crippen MR) is 123 cm³/mol. The van der Waals surface area contributed by atoms with E-state index in [1.165, 1.54) is 0 Å². The van der Waals surface area contributed by atoms with E-state index < -0.39 is 15.9 Å². The average molecular weight is 488 g/mol. The van der Waals surface area contributed by atoms with Gasteiger partial charge in [0.1, 0.15) is 17.6 Å². The molecule has 0 saturated carbocycles. The van der Waals surface area contributed by atoms with Crippen molar-refractivity contribution in [2.24, 2.45) is 12.0 Å². The van der Waals surface area contributed by atoms with Gasteiger partial charge in [0.2, 0.25) is 5.91 Å². The van der Waals surface area contributed by atoms with Crippen LogP contribution >= 0.6 is 11.6 Å². The largest absolute Gasteiger partial charge is 0.341 e. The van der Waals surface area contributed by atoms with E-state index in [-0.39, 0.29) is 36.9 Å². The van der Waals surface area contributed by atoms with Crippen LogP contribution in [0.1, 0.15) is 35.4 Å². The summed E-state index contributed by atoms with van der Waals surface area (Å²) < 4.78 is 27.1. The van der Waals surface area contributed by atoms with Gasteiger partial charge in [0.05, 0.1) is 29.3 Å². The van der Waals surface area contributed by atoms with E-state index in [0.717, 1.165) is 11.3 Å². The van der Waals surface area contributed by atoms with Gasteiger partial charge in [-0.25, -0.2) is 8.42 Å². The highest BCUT2D eigenvalue weighted by Crippen LogP contribution is 2.32. The van der Waals surface area contributed by atoms with Gasteiger partial charge in [-0.05, 0) is 19.1 Å². The van der Waals surface area contributed by atoms with E-state index in [0.29, 0.717) is 28.1 Å². The van der Waals surface area contributed by atoms with Gasteiger partial charge in [-0.1, -0.05) is 23.7 Å². The highest BCUT2D eigenvalue weighted by Gasteiger charge is 2.33. The van der Waals surface area contributed by atoms with Gasteiger partial charge in [0.15, 0.2) is 15.7 Å². The SMILES string of the molecule is Cc1nnc2n1-c1cn(C)nc1C(c1ccc(Cl)cc1)=NC2CC(=O)N1CCS(=O)(=O)CC1. The first-order valence-electron chi connectivity index (χ1n) is 10.5. The van der Waals surface area contributed by atoms with Crippen molar-refractivity contribution in [1.29, 1.82) is 0 Å². The lowest BCUT2D eigenvalue weighted by Crippen LogP contribution is -2.44. The number of rotatable bonds is 3. The number of halogens is 1. The summed E-state index contributed by atoms with van der Waals surface area (Å²) in [5.74, 6) is 1.00. The van der Waals surface area contributed by atoms with Crippen molar-refractivity contribution in [3.05, 3.63) is 58.4 Å². The molecule has 0 bridgehead atoms. The van der Waals surface area contributed by atoms with Crippen molar-refractivity contribution in [3.63, 3.8) is 0 Å². The Labute approximate surface area is 195 Å². The third-order valence-corrected chi connectivity index (χ3v) is 7.75. The molecule has 33 heavy (non-hydrogen) atoms. The van der Waals surface area contributed by atoms with Crippen LogP contribution in [0.5, 0.6) is 0 Å². The number of nitrogens with zero attached hydrogens (tertiary/aromatic N) is 7. The van der Waals surface area contributed by atoms with E-state index in [4.69, 9.17) is 16.6 Å². The lowest BCUT2D eigenvalue weighted by atomic mass is 10.1. The molecule has 1 aromatic carbocycles. The molecule has 5 rings (SSSR count). The Morgan fingerprint density at radius 1 is 1.15 bits per heavy atom. The van der Waals surface area contributed by atoms with Crippen LogP contribution in [0.15, 0.2) is 35.5 Å². The van der Waals surface area contributed by atoms with Crippen molar-refractivity contribution in [2.75, 3.05) is 24.6 Å². The number of carbonyl (C=O) groups excluding carboxylic acids is 1. The lowest BCUT2D eigenvalue weighted by Gasteiger charge is -2.27. The minimum atomic E-state index is -3.08. The van der Waals surface area contributed by atoms with Gasteiger partial charge in [-0.15, -0.1) is 10.2 Å². The van der Waals surface area contributed by atoms with E-state index in [1.807, 2.05) is 36.9 Å². The fourth-order valence-electron chi connectivity index (χ4n) is 4.19. The van der Waals surface area contributed by atoms with Crippen molar-refractivity contribution >= 4 is 33.1 Å². The number of benzene rings is 1. The molecule has 2 aromatic heterocycles. The van der Waals surface area contributed by atoms with Gasteiger partial charge in [-0.3, -0.25) is 19.0 Å². The Kier molecular flexibility index (Phi) is 5.32. The number of amides is 1. The predicted octanol–water partition coefficient (Wildman–Crippen LogP) is 1.50. The Morgan fingerprint density at radius 3 is 2.55 bits per heavy atom. The Morgan fingerprint density at radius 2 is 1.85 bits per heavy atom. The van der Waals surface area contributed by atoms with Gasteiger partial charge in [0, 0.05) is 36.9 Å². The monoisotopic (exact) mass is 487 g/mol. The molecule has 1 amide bonds. The number of aryl methyl sites for hydroxylation is 2. The Bertz CT molecular complexity index is 1360. The number of fused-ring (bicyclic) bond motifs is 3. The molecule has 0 N–H and O–H groups in total. The van der Waals surface area contributed by atoms with Crippen LogP contribution in [-0.4, -0.2) is 74.1 Å². The second kappa shape index (κ2) is 8.07. The summed E-state index contributed by atoms with van der Waals surface area (Å²) in [7, 11) is -1.25. The third kappa shape index (κ3) is 4.06. The second-order valence-electron chi connectivity index (χ2n) is 8.21. The molecule has 0 spiro atoms. The summed E-state index contributed by atoms with van der Waals surface area (Å²) in [6.45, 7) is 2.22. The molecular formula is C21H22ClN7O3S. The summed E-state index contributed by atoms with van der Waals surface area (Å²) >= 11 is 6.09. The van der Waals surface area contributed by atoms with Gasteiger partial charge in [0.25, 0.3) is 0 Å². The lowest BCUT2D eigenvalue weighted by molar-refractivity contribution is -0.131. The quantitative estimate of drug-likeness (QED) is 0.553. The highest BCUT2D eigenvalue weighted by atomic mass is 35.5. The molecule has 0 aliphatic carbocycles. The summed E-state index contributed by atoms with van der Waals surface area (Å²) in [5.41, 5.74) is 2.88. The third-order valence-electron chi connectivity index (χ3n) is 5.89. The molecular weight excluding hydrogens is 466 g/mol. The molecule has 10 nitrogen and oxygen atoms in total. The van der Waals surface area contributed by atoms with E-state index in [2.05, 4.69) is 15.3 Å². The highest BCUT2D eigenvalue weighted by molar-refractivity contribution is 7.91. The fraction of sp³-hybridized carbons (Fsp3) is 0.381. The second-order valence-corrected chi connectivity index (χ2v) is 11.0. The van der Waals surface area contributed by atoms with Crippen molar-refractivity contribution in [3.8, 4) is 5.69 Å². The molecule has 1 fully saturated rings. The van der Waals surface area contributed by atoms with Crippen molar-refractivity contribution in [2.45, 2.75) is 19.4 Å². The normalized spacial score (nSPS) is 19.4. The number of carbonyl (C=O) groups is 1. The van der Waals surface area contributed by atoms with Crippen LogP contribution in [0.4, 0.5) is 0 Å². The number of hydrogen-bond acceptors (Lipinski definition) is 7.